The molecule has 3 amide bonds. The number of primary sulfonamides is 1. The van der Waals surface area contributed by atoms with Crippen molar-refractivity contribution in [2.45, 2.75) is 17.9 Å². The molecule has 10 heteroatoms. The van der Waals surface area contributed by atoms with E-state index in [4.69, 9.17) is 9.56 Å². The fraction of sp³-hybridized carbons (Fsp3) is 0.136. The summed E-state index contributed by atoms with van der Waals surface area (Å²) in [5.74, 6) is -0.824. The second-order valence-corrected chi connectivity index (χ2v) is 8.79. The maximum atomic E-state index is 12.7. The largest absolute Gasteiger partial charge is 0.467 e. The molecule has 2 aromatic carbocycles. The predicted molar refractivity (Wildman–Crippen MR) is 113 cm³/mol. The molecule has 0 bridgehead atoms. The zero-order valence-electron chi connectivity index (χ0n) is 16.8. The van der Waals surface area contributed by atoms with E-state index in [-0.39, 0.29) is 28.1 Å². The Labute approximate surface area is 183 Å². The lowest BCUT2D eigenvalue weighted by Gasteiger charge is -2.11. The molecule has 0 saturated carbocycles. The molecular formula is C22H19N3O6S. The lowest BCUT2D eigenvalue weighted by molar-refractivity contribution is 0.0631. The van der Waals surface area contributed by atoms with Crippen molar-refractivity contribution >= 4 is 27.7 Å². The second-order valence-electron chi connectivity index (χ2n) is 7.23. The molecule has 0 fully saturated rings. The Balaban J connectivity index is 1.39. The maximum absolute atomic E-state index is 12.7. The SMILES string of the molecule is NS(=O)(=O)c1ccc(CCNC(=O)c2ccc3c(c2)C(=O)N(Cc2ccco2)C3=O)cc1. The van der Waals surface area contributed by atoms with Gasteiger partial charge in [0.05, 0.1) is 28.8 Å². The van der Waals surface area contributed by atoms with Crippen molar-refractivity contribution in [2.75, 3.05) is 6.54 Å². The Morgan fingerprint density at radius 3 is 2.38 bits per heavy atom. The zero-order valence-corrected chi connectivity index (χ0v) is 17.6. The van der Waals surface area contributed by atoms with Gasteiger partial charge in [0.15, 0.2) is 0 Å². The molecular weight excluding hydrogens is 434 g/mol. The number of nitrogens with two attached hydrogens (primary N) is 1. The Kier molecular flexibility index (Phi) is 5.64. The van der Waals surface area contributed by atoms with Crippen LogP contribution in [0.1, 0.15) is 42.4 Å². The van der Waals surface area contributed by atoms with Gasteiger partial charge < -0.3 is 9.73 Å². The van der Waals surface area contributed by atoms with Gasteiger partial charge in [-0.25, -0.2) is 13.6 Å². The number of nitrogens with one attached hydrogen (secondary N) is 1. The number of carbonyl (C=O) groups excluding carboxylic acids is 3. The molecule has 1 aliphatic heterocycles. The number of imide groups is 1. The number of sulfonamides is 1. The zero-order chi connectivity index (χ0) is 22.9. The van der Waals surface area contributed by atoms with Crippen LogP contribution >= 0.6 is 0 Å². The van der Waals surface area contributed by atoms with Crippen molar-refractivity contribution in [3.63, 3.8) is 0 Å². The third-order valence-corrected chi connectivity index (χ3v) is 6.01. The first-order chi connectivity index (χ1) is 15.2. The fourth-order valence-electron chi connectivity index (χ4n) is 3.40. The number of fused-ring (bicyclic) bond motifs is 1. The minimum absolute atomic E-state index is 0.0173. The van der Waals surface area contributed by atoms with Crippen LogP contribution in [0.25, 0.3) is 0 Å². The normalized spacial score (nSPS) is 13.3. The Morgan fingerprint density at radius 1 is 1.00 bits per heavy atom. The summed E-state index contributed by atoms with van der Waals surface area (Å²) in [6.07, 6.45) is 1.93. The molecule has 4 rings (SSSR count). The summed E-state index contributed by atoms with van der Waals surface area (Å²) in [4.78, 5) is 38.8. The lowest BCUT2D eigenvalue weighted by Crippen LogP contribution is -2.28. The topological polar surface area (TPSA) is 140 Å². The Morgan fingerprint density at radius 2 is 1.72 bits per heavy atom. The van der Waals surface area contributed by atoms with Gasteiger partial charge in [-0.05, 0) is 54.4 Å². The van der Waals surface area contributed by atoms with Gasteiger partial charge in [-0.15, -0.1) is 0 Å². The third-order valence-electron chi connectivity index (χ3n) is 5.08. The van der Waals surface area contributed by atoms with Crippen molar-refractivity contribution in [1.29, 1.82) is 0 Å². The quantitative estimate of drug-likeness (QED) is 0.522. The van der Waals surface area contributed by atoms with Crippen LogP contribution in [0.5, 0.6) is 0 Å². The highest BCUT2D eigenvalue weighted by Crippen LogP contribution is 2.25. The number of nitrogens with zero attached hydrogens (tertiary/aromatic N) is 1. The monoisotopic (exact) mass is 453 g/mol. The number of benzene rings is 2. The van der Waals surface area contributed by atoms with Gasteiger partial charge in [-0.3, -0.25) is 19.3 Å². The summed E-state index contributed by atoms with van der Waals surface area (Å²) in [7, 11) is -3.75. The van der Waals surface area contributed by atoms with Crippen LogP contribution in [0.3, 0.4) is 0 Å². The van der Waals surface area contributed by atoms with Crippen LogP contribution in [-0.2, 0) is 23.0 Å². The molecule has 0 saturated heterocycles. The molecule has 0 atom stereocenters. The summed E-state index contributed by atoms with van der Waals surface area (Å²) in [5.41, 5.74) is 1.50. The minimum Gasteiger partial charge on any atom is -0.467 e. The molecule has 1 aromatic heterocycles. The van der Waals surface area contributed by atoms with Gasteiger partial charge in [-0.1, -0.05) is 12.1 Å². The van der Waals surface area contributed by atoms with Crippen LogP contribution in [0.15, 0.2) is 70.2 Å². The van der Waals surface area contributed by atoms with Crippen molar-refractivity contribution in [1.82, 2.24) is 10.2 Å². The smallest absolute Gasteiger partial charge is 0.261 e. The van der Waals surface area contributed by atoms with E-state index in [1.807, 2.05) is 0 Å². The van der Waals surface area contributed by atoms with Gasteiger partial charge in [-0.2, -0.15) is 0 Å². The van der Waals surface area contributed by atoms with Crippen molar-refractivity contribution in [3.8, 4) is 0 Å². The number of rotatable bonds is 7. The van der Waals surface area contributed by atoms with Crippen LogP contribution < -0.4 is 10.5 Å². The Hall–Kier alpha value is -3.76. The van der Waals surface area contributed by atoms with Crippen LogP contribution in [-0.4, -0.2) is 37.6 Å². The number of amides is 3. The van der Waals surface area contributed by atoms with Gasteiger partial charge in [0.1, 0.15) is 5.76 Å². The van der Waals surface area contributed by atoms with E-state index in [1.54, 1.807) is 24.3 Å². The molecule has 2 heterocycles. The summed E-state index contributed by atoms with van der Waals surface area (Å²) in [6.45, 7) is 0.313. The van der Waals surface area contributed by atoms with Gasteiger partial charge in [0.2, 0.25) is 10.0 Å². The van der Waals surface area contributed by atoms with E-state index in [0.29, 0.717) is 18.7 Å². The predicted octanol–water partition coefficient (Wildman–Crippen LogP) is 1.70. The molecule has 3 N–H and O–H groups in total. The summed E-state index contributed by atoms with van der Waals surface area (Å²) in [6, 6.07) is 13.8. The third kappa shape index (κ3) is 4.32. The van der Waals surface area contributed by atoms with E-state index in [1.165, 1.54) is 36.6 Å². The maximum Gasteiger partial charge on any atom is 0.261 e. The first-order valence-electron chi connectivity index (χ1n) is 9.66. The molecule has 1 aliphatic rings. The first kappa shape index (κ1) is 21.5. The van der Waals surface area contributed by atoms with Crippen molar-refractivity contribution < 1.29 is 27.2 Å². The van der Waals surface area contributed by atoms with Crippen LogP contribution in [0, 0.1) is 0 Å². The van der Waals surface area contributed by atoms with E-state index < -0.39 is 27.7 Å². The molecule has 0 spiro atoms. The number of hydrogen-bond acceptors (Lipinski definition) is 6. The molecule has 0 radical (unpaired) electrons. The summed E-state index contributed by atoms with van der Waals surface area (Å²) >= 11 is 0. The van der Waals surface area contributed by atoms with Crippen molar-refractivity contribution in [2.24, 2.45) is 5.14 Å². The first-order valence-corrected chi connectivity index (χ1v) is 11.2. The molecule has 0 aliphatic carbocycles. The van der Waals surface area contributed by atoms with E-state index in [9.17, 15) is 22.8 Å². The molecule has 3 aromatic rings. The number of hydrogen-bond donors (Lipinski definition) is 2. The van der Waals surface area contributed by atoms with Crippen LogP contribution in [0.4, 0.5) is 0 Å². The Bertz CT molecular complexity index is 1300. The highest BCUT2D eigenvalue weighted by Gasteiger charge is 2.36. The fourth-order valence-corrected chi connectivity index (χ4v) is 3.92. The minimum atomic E-state index is -3.75. The second kappa shape index (κ2) is 8.40. The molecule has 32 heavy (non-hydrogen) atoms. The number of carbonyl (C=O) groups is 3. The van der Waals surface area contributed by atoms with E-state index in [2.05, 4.69) is 5.32 Å². The van der Waals surface area contributed by atoms with E-state index >= 15 is 0 Å². The highest BCUT2D eigenvalue weighted by molar-refractivity contribution is 7.89. The summed E-state index contributed by atoms with van der Waals surface area (Å²) in [5, 5.41) is 7.82. The average Bonchev–Trinajstić information content (AvgIpc) is 3.36. The lowest BCUT2D eigenvalue weighted by atomic mass is 10.1. The van der Waals surface area contributed by atoms with Gasteiger partial charge in [0, 0.05) is 12.1 Å². The van der Waals surface area contributed by atoms with Gasteiger partial charge in [0.25, 0.3) is 17.7 Å². The molecule has 0 unspecified atom stereocenters. The van der Waals surface area contributed by atoms with Gasteiger partial charge >= 0.3 is 0 Å². The standard InChI is InChI=1S/C22H19N3O6S/c23-32(29,30)17-6-3-14(4-7-17)9-10-24-20(26)15-5-8-18-19(12-15)22(28)25(21(18)27)13-16-2-1-11-31-16/h1-8,11-12H,9-10,13H2,(H,24,26)(H2,23,29,30). The highest BCUT2D eigenvalue weighted by atomic mass is 32.2. The van der Waals surface area contributed by atoms with Crippen molar-refractivity contribution in [3.05, 3.63) is 88.9 Å². The molecule has 164 valence electrons. The summed E-state index contributed by atoms with van der Waals surface area (Å²) < 4.78 is 27.8. The molecule has 9 nitrogen and oxygen atoms in total. The van der Waals surface area contributed by atoms with E-state index in [0.717, 1.165) is 10.5 Å². The average molecular weight is 453 g/mol. The number of furan rings is 1. The van der Waals surface area contributed by atoms with Crippen LogP contribution in [0.2, 0.25) is 0 Å².